The smallest absolute Gasteiger partial charge is 0.274 e. The third-order valence-electron chi connectivity index (χ3n) is 3.38. The molecule has 6 heteroatoms. The number of benzene rings is 1. The number of rotatable bonds is 6. The van der Waals surface area contributed by atoms with Gasteiger partial charge in [-0.1, -0.05) is 37.6 Å². The van der Waals surface area contributed by atoms with Gasteiger partial charge in [0.1, 0.15) is 5.69 Å². The lowest BCUT2D eigenvalue weighted by Crippen LogP contribution is -2.26. The van der Waals surface area contributed by atoms with Crippen LogP contribution in [0.15, 0.2) is 42.6 Å². The van der Waals surface area contributed by atoms with E-state index in [4.69, 9.17) is 11.6 Å². The number of nitrogens with one attached hydrogen (secondary N) is 2. The van der Waals surface area contributed by atoms with E-state index in [0.717, 1.165) is 6.42 Å². The number of para-hydroxylation sites is 1. The standard InChI is InChI=1S/C18H20ClN3O2/c1-12(2)7-9-21-17(23)13-8-10-20-16(11-13)18(24)22-15-6-4-3-5-14(15)19/h3-6,8,10-12H,7,9H2,1-2H3,(H,21,23)(H,22,24). The zero-order chi connectivity index (χ0) is 17.5. The maximum absolute atomic E-state index is 12.3. The quantitative estimate of drug-likeness (QED) is 0.837. The third-order valence-corrected chi connectivity index (χ3v) is 3.71. The zero-order valence-corrected chi connectivity index (χ0v) is 14.4. The molecule has 1 aromatic carbocycles. The molecule has 0 aliphatic rings. The van der Waals surface area contributed by atoms with Crippen molar-refractivity contribution >= 4 is 29.1 Å². The van der Waals surface area contributed by atoms with Gasteiger partial charge >= 0.3 is 0 Å². The Labute approximate surface area is 146 Å². The Morgan fingerprint density at radius 2 is 1.92 bits per heavy atom. The number of hydrogen-bond donors (Lipinski definition) is 2. The number of carbonyl (C=O) groups is 2. The minimum Gasteiger partial charge on any atom is -0.352 e. The second-order valence-electron chi connectivity index (χ2n) is 5.80. The summed E-state index contributed by atoms with van der Waals surface area (Å²) >= 11 is 6.02. The van der Waals surface area contributed by atoms with Gasteiger partial charge < -0.3 is 10.6 Å². The van der Waals surface area contributed by atoms with Gasteiger partial charge in [-0.05, 0) is 36.6 Å². The van der Waals surface area contributed by atoms with E-state index in [9.17, 15) is 9.59 Å². The molecule has 24 heavy (non-hydrogen) atoms. The summed E-state index contributed by atoms with van der Waals surface area (Å²) in [7, 11) is 0. The van der Waals surface area contributed by atoms with Crippen LogP contribution in [0.25, 0.3) is 0 Å². The molecule has 5 nitrogen and oxygen atoms in total. The highest BCUT2D eigenvalue weighted by Crippen LogP contribution is 2.21. The van der Waals surface area contributed by atoms with Gasteiger partial charge in [-0.15, -0.1) is 0 Å². The Morgan fingerprint density at radius 3 is 2.62 bits per heavy atom. The molecule has 0 spiro atoms. The van der Waals surface area contributed by atoms with E-state index in [1.165, 1.54) is 12.3 Å². The zero-order valence-electron chi connectivity index (χ0n) is 13.7. The summed E-state index contributed by atoms with van der Waals surface area (Å²) in [5.74, 6) is -0.121. The third kappa shape index (κ3) is 5.06. The molecule has 2 rings (SSSR count). The Hall–Kier alpha value is -2.40. The van der Waals surface area contributed by atoms with Gasteiger partial charge in [0, 0.05) is 18.3 Å². The normalized spacial score (nSPS) is 10.5. The summed E-state index contributed by atoms with van der Waals surface area (Å²) in [6.45, 7) is 4.78. The van der Waals surface area contributed by atoms with Gasteiger partial charge in [0.05, 0.1) is 10.7 Å². The lowest BCUT2D eigenvalue weighted by Gasteiger charge is -2.09. The van der Waals surface area contributed by atoms with Gasteiger partial charge in [-0.25, -0.2) is 0 Å². The number of hydrogen-bond acceptors (Lipinski definition) is 3. The van der Waals surface area contributed by atoms with E-state index in [2.05, 4.69) is 29.5 Å². The summed E-state index contributed by atoms with van der Waals surface area (Å²) in [6.07, 6.45) is 2.34. The molecule has 2 aromatic rings. The monoisotopic (exact) mass is 345 g/mol. The molecule has 0 saturated carbocycles. The predicted octanol–water partition coefficient (Wildman–Crippen LogP) is 3.76. The fraction of sp³-hybridized carbons (Fsp3) is 0.278. The molecule has 1 heterocycles. The maximum atomic E-state index is 12.3. The van der Waals surface area contributed by atoms with E-state index in [0.29, 0.717) is 28.7 Å². The Kier molecular flexibility index (Phi) is 6.32. The first-order chi connectivity index (χ1) is 11.5. The van der Waals surface area contributed by atoms with Crippen molar-refractivity contribution in [3.05, 3.63) is 58.9 Å². The van der Waals surface area contributed by atoms with Gasteiger partial charge in [0.2, 0.25) is 0 Å². The number of halogens is 1. The summed E-state index contributed by atoms with van der Waals surface area (Å²) in [5, 5.41) is 5.96. The fourth-order valence-corrected chi connectivity index (χ4v) is 2.20. The molecule has 0 aliphatic carbocycles. The highest BCUT2D eigenvalue weighted by atomic mass is 35.5. The van der Waals surface area contributed by atoms with Crippen LogP contribution in [0.2, 0.25) is 5.02 Å². The lowest BCUT2D eigenvalue weighted by molar-refractivity contribution is 0.0952. The van der Waals surface area contributed by atoms with Crippen molar-refractivity contribution in [1.29, 1.82) is 0 Å². The van der Waals surface area contributed by atoms with Crippen LogP contribution in [0, 0.1) is 5.92 Å². The minimum atomic E-state index is -0.417. The minimum absolute atomic E-state index is 0.159. The predicted molar refractivity (Wildman–Crippen MR) is 95.4 cm³/mol. The van der Waals surface area contributed by atoms with Crippen LogP contribution < -0.4 is 10.6 Å². The number of pyridine rings is 1. The van der Waals surface area contributed by atoms with Crippen LogP contribution in [-0.4, -0.2) is 23.3 Å². The van der Waals surface area contributed by atoms with Crippen molar-refractivity contribution in [3.8, 4) is 0 Å². The van der Waals surface area contributed by atoms with E-state index < -0.39 is 5.91 Å². The van der Waals surface area contributed by atoms with Crippen molar-refractivity contribution in [1.82, 2.24) is 10.3 Å². The lowest BCUT2D eigenvalue weighted by atomic mass is 10.1. The van der Waals surface area contributed by atoms with Gasteiger partial charge in [0.25, 0.3) is 11.8 Å². The van der Waals surface area contributed by atoms with Crippen molar-refractivity contribution in [2.24, 2.45) is 5.92 Å². The van der Waals surface area contributed by atoms with Crippen molar-refractivity contribution < 1.29 is 9.59 Å². The highest BCUT2D eigenvalue weighted by molar-refractivity contribution is 6.33. The summed E-state index contributed by atoms with van der Waals surface area (Å²) in [5.41, 5.74) is 1.06. The molecule has 0 unspecified atom stereocenters. The molecule has 0 atom stereocenters. The molecule has 2 N–H and O–H groups in total. The Balaban J connectivity index is 2.05. The topological polar surface area (TPSA) is 71.1 Å². The highest BCUT2D eigenvalue weighted by Gasteiger charge is 2.13. The first kappa shape index (κ1) is 17.9. The molecular weight excluding hydrogens is 326 g/mol. The van der Waals surface area contributed by atoms with E-state index in [-0.39, 0.29) is 11.6 Å². The average Bonchev–Trinajstić information content (AvgIpc) is 2.56. The van der Waals surface area contributed by atoms with Crippen LogP contribution in [0.4, 0.5) is 5.69 Å². The number of amides is 2. The molecule has 126 valence electrons. The van der Waals surface area contributed by atoms with E-state index in [1.807, 2.05) is 0 Å². The first-order valence-corrected chi connectivity index (χ1v) is 8.15. The van der Waals surface area contributed by atoms with Crippen LogP contribution in [0.1, 0.15) is 41.1 Å². The SMILES string of the molecule is CC(C)CCNC(=O)c1ccnc(C(=O)Nc2ccccc2Cl)c1. The molecule has 0 saturated heterocycles. The molecule has 0 bridgehead atoms. The maximum Gasteiger partial charge on any atom is 0.274 e. The number of anilines is 1. The van der Waals surface area contributed by atoms with Gasteiger partial charge in [-0.2, -0.15) is 0 Å². The van der Waals surface area contributed by atoms with Crippen molar-refractivity contribution in [2.75, 3.05) is 11.9 Å². The van der Waals surface area contributed by atoms with Crippen LogP contribution in [0.3, 0.4) is 0 Å². The average molecular weight is 346 g/mol. The van der Waals surface area contributed by atoms with E-state index >= 15 is 0 Å². The first-order valence-electron chi connectivity index (χ1n) is 7.77. The Bertz CT molecular complexity index is 732. The summed E-state index contributed by atoms with van der Waals surface area (Å²) < 4.78 is 0. The molecule has 0 aliphatic heterocycles. The van der Waals surface area contributed by atoms with Crippen LogP contribution in [0.5, 0.6) is 0 Å². The molecule has 0 fully saturated rings. The van der Waals surface area contributed by atoms with Gasteiger partial charge in [0.15, 0.2) is 0 Å². The summed E-state index contributed by atoms with van der Waals surface area (Å²) in [6, 6.07) is 9.98. The molecular formula is C18H20ClN3O2. The van der Waals surface area contributed by atoms with Gasteiger partial charge in [-0.3, -0.25) is 14.6 Å². The van der Waals surface area contributed by atoms with Crippen molar-refractivity contribution in [2.45, 2.75) is 20.3 Å². The number of nitrogens with zero attached hydrogens (tertiary/aromatic N) is 1. The van der Waals surface area contributed by atoms with Crippen LogP contribution in [-0.2, 0) is 0 Å². The largest absolute Gasteiger partial charge is 0.352 e. The van der Waals surface area contributed by atoms with Crippen molar-refractivity contribution in [3.63, 3.8) is 0 Å². The van der Waals surface area contributed by atoms with Crippen LogP contribution >= 0.6 is 11.6 Å². The summed E-state index contributed by atoms with van der Waals surface area (Å²) in [4.78, 5) is 28.4. The number of aromatic nitrogens is 1. The number of carbonyl (C=O) groups excluding carboxylic acids is 2. The molecule has 2 amide bonds. The fourth-order valence-electron chi connectivity index (χ4n) is 2.02. The Morgan fingerprint density at radius 1 is 1.17 bits per heavy atom. The second kappa shape index (κ2) is 8.45. The molecule has 1 aromatic heterocycles. The second-order valence-corrected chi connectivity index (χ2v) is 6.21. The molecule has 0 radical (unpaired) electrons. The van der Waals surface area contributed by atoms with E-state index in [1.54, 1.807) is 30.3 Å².